The summed E-state index contributed by atoms with van der Waals surface area (Å²) in [5, 5.41) is 133. The summed E-state index contributed by atoms with van der Waals surface area (Å²) in [5.41, 5.74) is 1.51. The number of amides is 7. The Morgan fingerprint density at radius 1 is 0.707 bits per heavy atom. The van der Waals surface area contributed by atoms with E-state index in [9.17, 15) is 84.6 Å². The van der Waals surface area contributed by atoms with Crippen molar-refractivity contribution in [2.75, 3.05) is 59.7 Å². The van der Waals surface area contributed by atoms with Crippen molar-refractivity contribution in [3.63, 3.8) is 0 Å². The van der Waals surface area contributed by atoms with E-state index in [2.05, 4.69) is 42.1 Å². The molecule has 0 saturated carbocycles. The summed E-state index contributed by atoms with van der Waals surface area (Å²) in [7, 11) is 1.70. The molecule has 13 atom stereocenters. The number of nitrogens with one attached hydrogen (secondary N) is 6. The van der Waals surface area contributed by atoms with Crippen LogP contribution < -0.4 is 36.6 Å². The Balaban J connectivity index is 0.0000134. The number of aliphatic hydroxyl groups is 8. The molecule has 3 aromatic carbocycles. The number of β-amino-alcohol motifs (C(OH)–C–C–N with tert-alkyl or cyclic N) is 1. The van der Waals surface area contributed by atoms with Crippen molar-refractivity contribution in [2.45, 2.75) is 151 Å². The Kier molecular flexibility index (Phi) is 28.2. The van der Waals surface area contributed by atoms with Crippen LogP contribution >= 0.6 is 23.7 Å². The molecule has 4 aromatic rings. The van der Waals surface area contributed by atoms with Gasteiger partial charge in [-0.2, -0.15) is 0 Å². The third-order valence-corrected chi connectivity index (χ3v) is 17.2. The molecule has 92 heavy (non-hydrogen) atoms. The number of hydrogen-bond acceptors (Lipinski definition) is 23. The van der Waals surface area contributed by atoms with Crippen LogP contribution in [0.4, 0.5) is 0 Å². The standard InChI is InChI=1S/C61H84N10O19S.ClH/c1-32-28-71-51(52(32)81)57(86)63-27-39(75)25-42(64-53(82)35-10-12-36(13-11-35)58-68-69-59(91-58)37-14-16-41(17-15-37)90-22-8-6-4-5-7-21-89-3)54(83)65-48(33(2)74)60(87)70-29-40(76)26-43(70)55(84)66-49(47(80)24-34-9-18-44(77)46(79)23-34)56(85)67-50(61(71)88)45(78)19-20-62-38(30-72)31-73;/h9-18,23,32-33,38-40,42-43,45,47-52,62,72-81H,4-8,19-22,24-31H2,1-3H3,(H,63,86)(H,64,82)(H,65,83)(H,66,84)(H,67,85);1H/t32-,33+,39+,40+,42-,43-,45+,47+,48-,49-,50-,51-,52-;/m0./s1. The van der Waals surface area contributed by atoms with Gasteiger partial charge in [-0.3, -0.25) is 33.6 Å². The van der Waals surface area contributed by atoms with E-state index in [0.717, 1.165) is 78.9 Å². The highest BCUT2D eigenvalue weighted by Gasteiger charge is 2.50. The van der Waals surface area contributed by atoms with E-state index in [1.54, 1.807) is 19.2 Å². The highest BCUT2D eigenvalue weighted by atomic mass is 35.5. The van der Waals surface area contributed by atoms with E-state index in [-0.39, 0.29) is 43.0 Å². The van der Waals surface area contributed by atoms with Gasteiger partial charge in [0.15, 0.2) is 11.5 Å². The fraction of sp³-hybridized carbons (Fsp3) is 0.557. The number of methoxy groups -OCH3 is 1. The SMILES string of the molecule is COCCCCCCCOc1ccc(-c2nnc(-c3ccc(C(=O)N[C@H]4C[C@@H](O)CNC(=O)[C@@H]5[C@@H](O)[C@@H](C)CN5C(=O)[C@H]([C@H](O)CCNC(CO)CO)NC(=O)[C@H]([C@H](O)Cc5ccc(O)c(O)c5)NC(=O)[C@@H]5C[C@@H](O)CN5C(=O)[C@H]([C@@H](C)O)NC4=O)cc3)s2)cc1.Cl. The minimum Gasteiger partial charge on any atom is -0.504 e. The van der Waals surface area contributed by atoms with Crippen LogP contribution in [0.3, 0.4) is 0 Å². The van der Waals surface area contributed by atoms with Crippen LogP contribution in [-0.2, 0) is 39.9 Å². The summed E-state index contributed by atoms with van der Waals surface area (Å²) in [6.45, 7) is 1.13. The predicted octanol–water partition coefficient (Wildman–Crippen LogP) is -2.04. The van der Waals surface area contributed by atoms with Crippen LogP contribution in [-0.4, -0.2) is 251 Å². The number of benzene rings is 3. The maximum atomic E-state index is 14.9. The number of fused-ring (bicyclic) bond motifs is 2. The first-order valence-electron chi connectivity index (χ1n) is 30.3. The topological polar surface area (TPSA) is 445 Å². The monoisotopic (exact) mass is 1330 g/mol. The number of aromatic hydroxyl groups is 2. The molecule has 3 fully saturated rings. The van der Waals surface area contributed by atoms with Gasteiger partial charge in [-0.15, -0.1) is 22.6 Å². The van der Waals surface area contributed by atoms with E-state index in [1.807, 2.05) is 24.3 Å². The molecule has 3 saturated heterocycles. The molecule has 4 heterocycles. The quantitative estimate of drug-likeness (QED) is 0.0265. The third-order valence-electron chi connectivity index (χ3n) is 16.2. The van der Waals surface area contributed by atoms with Gasteiger partial charge in [-0.1, -0.05) is 55.7 Å². The molecule has 0 spiro atoms. The van der Waals surface area contributed by atoms with Crippen LogP contribution in [0.25, 0.3) is 21.1 Å². The lowest BCUT2D eigenvalue weighted by Gasteiger charge is -2.34. The lowest BCUT2D eigenvalue weighted by molar-refractivity contribution is -0.147. The smallest absolute Gasteiger partial charge is 0.251 e. The van der Waals surface area contributed by atoms with Crippen LogP contribution in [0, 0.1) is 5.92 Å². The second-order valence-electron chi connectivity index (χ2n) is 23.2. The zero-order valence-electron chi connectivity index (χ0n) is 51.2. The van der Waals surface area contributed by atoms with Crippen LogP contribution in [0.5, 0.6) is 17.2 Å². The van der Waals surface area contributed by atoms with E-state index in [1.165, 1.54) is 36.5 Å². The van der Waals surface area contributed by atoms with Gasteiger partial charge in [0.1, 0.15) is 52.0 Å². The normalized spacial score (nSPS) is 24.7. The molecule has 0 aliphatic carbocycles. The number of aliphatic hydroxyl groups excluding tert-OH is 8. The number of rotatable bonds is 24. The van der Waals surface area contributed by atoms with E-state index < -0.39 is 183 Å². The number of ether oxygens (including phenoxy) is 2. The summed E-state index contributed by atoms with van der Waals surface area (Å²) in [6.07, 6.45) is -7.21. The van der Waals surface area contributed by atoms with Gasteiger partial charge in [-0.25, -0.2) is 0 Å². The zero-order valence-corrected chi connectivity index (χ0v) is 52.8. The zero-order chi connectivity index (χ0) is 66.1. The first kappa shape index (κ1) is 73.8. The van der Waals surface area contributed by atoms with Crippen molar-refractivity contribution < 1.29 is 94.1 Å². The number of phenols is 2. The maximum Gasteiger partial charge on any atom is 0.251 e. The summed E-state index contributed by atoms with van der Waals surface area (Å²) in [6, 6.07) is 4.82. The molecule has 3 aliphatic rings. The summed E-state index contributed by atoms with van der Waals surface area (Å²) >= 11 is 1.30. The van der Waals surface area contributed by atoms with Gasteiger partial charge in [0.05, 0.1) is 62.5 Å². The van der Waals surface area contributed by atoms with Crippen molar-refractivity contribution in [3.05, 3.63) is 77.9 Å². The highest BCUT2D eigenvalue weighted by Crippen LogP contribution is 2.32. The average molecular weight is 1330 g/mol. The number of unbranched alkanes of at least 4 members (excludes halogenated alkanes) is 4. The molecule has 31 heteroatoms. The number of halogens is 1. The van der Waals surface area contributed by atoms with Gasteiger partial charge in [0.25, 0.3) is 5.91 Å². The first-order valence-corrected chi connectivity index (χ1v) is 31.1. The largest absolute Gasteiger partial charge is 0.504 e. The minimum atomic E-state index is -2.12. The molecule has 7 amide bonds. The van der Waals surface area contributed by atoms with E-state index in [4.69, 9.17) is 9.47 Å². The fourth-order valence-corrected chi connectivity index (χ4v) is 11.8. The fourth-order valence-electron chi connectivity index (χ4n) is 11.0. The molecule has 0 unspecified atom stereocenters. The van der Waals surface area contributed by atoms with Gasteiger partial charge >= 0.3 is 0 Å². The Hall–Kier alpha value is -7.20. The maximum absolute atomic E-state index is 14.9. The lowest BCUT2D eigenvalue weighted by atomic mass is 9.98. The van der Waals surface area contributed by atoms with E-state index >= 15 is 0 Å². The second-order valence-corrected chi connectivity index (χ2v) is 24.2. The molecule has 3 aliphatic heterocycles. The van der Waals surface area contributed by atoms with Crippen molar-refractivity contribution in [2.24, 2.45) is 5.92 Å². The number of aromatic nitrogens is 2. The summed E-state index contributed by atoms with van der Waals surface area (Å²) in [4.78, 5) is 103. The molecule has 0 radical (unpaired) electrons. The molecule has 7 rings (SSSR count). The predicted molar refractivity (Wildman–Crippen MR) is 334 cm³/mol. The molecule has 29 nitrogen and oxygen atoms in total. The van der Waals surface area contributed by atoms with Crippen molar-refractivity contribution >= 4 is 65.1 Å². The summed E-state index contributed by atoms with van der Waals surface area (Å²) < 4.78 is 11.0. The van der Waals surface area contributed by atoms with Gasteiger partial charge in [0.2, 0.25) is 35.4 Å². The molecular weight excluding hydrogens is 1240 g/mol. The first-order chi connectivity index (χ1) is 43.5. The number of phenolic OH excluding ortho intramolecular Hbond substituents is 2. The van der Waals surface area contributed by atoms with Crippen molar-refractivity contribution in [1.82, 2.24) is 51.9 Å². The van der Waals surface area contributed by atoms with Crippen LogP contribution in [0.1, 0.15) is 81.1 Å². The van der Waals surface area contributed by atoms with Crippen molar-refractivity contribution in [3.8, 4) is 38.4 Å². The third kappa shape index (κ3) is 19.7. The van der Waals surface area contributed by atoms with Crippen molar-refractivity contribution in [1.29, 1.82) is 0 Å². The molecule has 1 aromatic heterocycles. The Morgan fingerprint density at radius 3 is 1.95 bits per heavy atom. The highest BCUT2D eigenvalue weighted by molar-refractivity contribution is 7.17. The second kappa shape index (κ2) is 35.2. The number of nitrogens with zero attached hydrogens (tertiary/aromatic N) is 4. The Morgan fingerprint density at radius 2 is 1.32 bits per heavy atom. The van der Waals surface area contributed by atoms with Gasteiger partial charge in [-0.05, 0) is 86.8 Å². The molecule has 506 valence electrons. The van der Waals surface area contributed by atoms with E-state index in [0.29, 0.717) is 22.2 Å². The lowest BCUT2D eigenvalue weighted by Crippen LogP contribution is -2.64. The Bertz CT molecular complexity index is 3090. The molecule has 0 bridgehead atoms. The average Bonchev–Trinajstić information content (AvgIpc) is 1.64. The number of carbonyl (C=O) groups is 7. The minimum absolute atomic E-state index is 0. The Labute approximate surface area is 541 Å². The summed E-state index contributed by atoms with van der Waals surface area (Å²) in [5.74, 6) is -9.13. The molecular formula is C61H85ClN10O19S. The van der Waals surface area contributed by atoms with Gasteiger partial charge in [0, 0.05) is 75.2 Å². The number of hydrogen-bond donors (Lipinski definition) is 16. The molecule has 16 N–H and O–H groups in total. The number of carbonyl (C=O) groups excluding carboxylic acids is 7. The van der Waals surface area contributed by atoms with Gasteiger partial charge < -0.3 is 102 Å². The van der Waals surface area contributed by atoms with Crippen LogP contribution in [0.15, 0.2) is 66.7 Å². The van der Waals surface area contributed by atoms with Crippen LogP contribution in [0.2, 0.25) is 0 Å².